The van der Waals surface area contributed by atoms with Gasteiger partial charge in [-0.25, -0.2) is 22.0 Å². The molecule has 2 fully saturated rings. The molecule has 0 bridgehead atoms. The number of hydrogen-bond donors (Lipinski definition) is 1. The van der Waals surface area contributed by atoms with Crippen molar-refractivity contribution in [3.8, 4) is 5.75 Å². The van der Waals surface area contributed by atoms with E-state index in [4.69, 9.17) is 4.74 Å². The molecule has 0 N–H and O–H groups in total. The fourth-order valence-corrected chi connectivity index (χ4v) is 5.04. The van der Waals surface area contributed by atoms with E-state index >= 15 is 8.78 Å². The molecule has 3 rings (SSSR count). The molecule has 0 heterocycles. The standard InChI is InChI=1S/C22H29F5OS/c1-2-3-14-4-6-15(7-5-14)22(27)18(23)12-21(26,19(24)20(22)25)13-28-16-8-10-17(29)11-9-16/h8-11,14-15,18-20,29H,2-7,12-13H2,1H3. The van der Waals surface area contributed by atoms with Crippen LogP contribution in [0.15, 0.2) is 29.2 Å². The molecule has 1 aromatic rings. The van der Waals surface area contributed by atoms with E-state index in [9.17, 15) is 13.2 Å². The van der Waals surface area contributed by atoms with Crippen molar-refractivity contribution in [2.24, 2.45) is 11.8 Å². The normalized spacial score (nSPS) is 40.6. The second kappa shape index (κ2) is 9.03. The first kappa shape index (κ1) is 22.7. The lowest BCUT2D eigenvalue weighted by atomic mass is 9.64. The highest BCUT2D eigenvalue weighted by atomic mass is 32.1. The van der Waals surface area contributed by atoms with Crippen LogP contribution >= 0.6 is 12.6 Å². The van der Waals surface area contributed by atoms with E-state index in [-0.39, 0.29) is 5.75 Å². The SMILES string of the molecule is CCCC1CCC(C2(F)C(F)CC(F)(COc3ccc(S)cc3)C(F)C2F)CC1. The summed E-state index contributed by atoms with van der Waals surface area (Å²) in [6.07, 6.45) is -5.14. The van der Waals surface area contributed by atoms with E-state index < -0.39 is 48.8 Å². The number of thiol groups is 1. The van der Waals surface area contributed by atoms with Gasteiger partial charge >= 0.3 is 0 Å². The summed E-state index contributed by atoms with van der Waals surface area (Å²) in [5.74, 6) is -0.283. The molecule has 7 heteroatoms. The topological polar surface area (TPSA) is 9.23 Å². The van der Waals surface area contributed by atoms with Gasteiger partial charge in [0.1, 0.15) is 18.5 Å². The summed E-state index contributed by atoms with van der Waals surface area (Å²) in [4.78, 5) is 0.650. The molecule has 5 unspecified atom stereocenters. The molecule has 164 valence electrons. The van der Waals surface area contributed by atoms with Gasteiger partial charge < -0.3 is 4.74 Å². The first-order chi connectivity index (χ1) is 13.7. The van der Waals surface area contributed by atoms with E-state index in [1.165, 1.54) is 12.1 Å². The van der Waals surface area contributed by atoms with E-state index in [2.05, 4.69) is 19.6 Å². The molecule has 0 spiro atoms. The van der Waals surface area contributed by atoms with Gasteiger partial charge in [-0.15, -0.1) is 12.6 Å². The first-order valence-electron chi connectivity index (χ1n) is 10.4. The third kappa shape index (κ3) is 4.54. The van der Waals surface area contributed by atoms with E-state index in [1.807, 2.05) is 0 Å². The van der Waals surface area contributed by atoms with Crippen LogP contribution in [0.3, 0.4) is 0 Å². The van der Waals surface area contributed by atoms with Crippen LogP contribution in [0.5, 0.6) is 5.75 Å². The fourth-order valence-electron chi connectivity index (χ4n) is 4.89. The summed E-state index contributed by atoms with van der Waals surface area (Å²) in [6.45, 7) is 1.18. The predicted octanol–water partition coefficient (Wildman–Crippen LogP) is 6.80. The van der Waals surface area contributed by atoms with Crippen LogP contribution in [0.2, 0.25) is 0 Å². The van der Waals surface area contributed by atoms with Crippen molar-refractivity contribution in [2.75, 3.05) is 6.61 Å². The minimum Gasteiger partial charge on any atom is -0.490 e. The van der Waals surface area contributed by atoms with Crippen molar-refractivity contribution in [3.63, 3.8) is 0 Å². The van der Waals surface area contributed by atoms with E-state index in [1.54, 1.807) is 12.1 Å². The lowest BCUT2D eigenvalue weighted by Gasteiger charge is -2.49. The van der Waals surface area contributed by atoms with Gasteiger partial charge in [0.25, 0.3) is 0 Å². The Labute approximate surface area is 174 Å². The molecule has 0 amide bonds. The van der Waals surface area contributed by atoms with Crippen molar-refractivity contribution in [1.29, 1.82) is 0 Å². The molecular formula is C22H29F5OS. The molecule has 0 radical (unpaired) electrons. The first-order valence-corrected chi connectivity index (χ1v) is 10.9. The van der Waals surface area contributed by atoms with E-state index in [0.29, 0.717) is 36.5 Å². The third-order valence-electron chi connectivity index (χ3n) is 6.66. The number of alkyl halides is 5. The van der Waals surface area contributed by atoms with Gasteiger partial charge in [0, 0.05) is 11.3 Å². The van der Waals surface area contributed by atoms with Crippen molar-refractivity contribution in [1.82, 2.24) is 0 Å². The largest absolute Gasteiger partial charge is 0.490 e. The monoisotopic (exact) mass is 436 g/mol. The molecule has 1 aromatic carbocycles. The Morgan fingerprint density at radius 3 is 2.21 bits per heavy atom. The van der Waals surface area contributed by atoms with Crippen molar-refractivity contribution in [2.45, 2.75) is 86.6 Å². The maximum Gasteiger partial charge on any atom is 0.181 e. The van der Waals surface area contributed by atoms with Gasteiger partial charge in [0.15, 0.2) is 23.7 Å². The van der Waals surface area contributed by atoms with Crippen molar-refractivity contribution < 1.29 is 26.7 Å². The molecular weight excluding hydrogens is 407 g/mol. The molecule has 1 nitrogen and oxygen atoms in total. The average molecular weight is 437 g/mol. The van der Waals surface area contributed by atoms with Crippen LogP contribution in [0.4, 0.5) is 22.0 Å². The highest BCUT2D eigenvalue weighted by Gasteiger charge is 2.67. The average Bonchev–Trinajstić information content (AvgIpc) is 2.71. The van der Waals surface area contributed by atoms with Crippen LogP contribution < -0.4 is 4.74 Å². The Morgan fingerprint density at radius 1 is 1.00 bits per heavy atom. The number of benzene rings is 1. The van der Waals surface area contributed by atoms with Crippen LogP contribution in [0.1, 0.15) is 51.9 Å². The Bertz CT molecular complexity index is 666. The highest BCUT2D eigenvalue weighted by molar-refractivity contribution is 7.80. The summed E-state index contributed by atoms with van der Waals surface area (Å²) < 4.78 is 80.4. The minimum absolute atomic E-state index is 0.226. The predicted molar refractivity (Wildman–Crippen MR) is 107 cm³/mol. The Kier molecular flexibility index (Phi) is 7.06. The summed E-state index contributed by atoms with van der Waals surface area (Å²) in [5, 5.41) is 0. The summed E-state index contributed by atoms with van der Waals surface area (Å²) in [6, 6.07) is 6.18. The molecule has 0 aliphatic heterocycles. The van der Waals surface area contributed by atoms with Gasteiger partial charge in [0.05, 0.1) is 0 Å². The Hall–Kier alpha value is -0.980. The van der Waals surface area contributed by atoms with Crippen LogP contribution in [0, 0.1) is 11.8 Å². The maximum absolute atomic E-state index is 15.6. The number of rotatable bonds is 6. The Morgan fingerprint density at radius 2 is 1.62 bits per heavy atom. The van der Waals surface area contributed by atoms with Gasteiger partial charge in [0.2, 0.25) is 0 Å². The van der Waals surface area contributed by atoms with Gasteiger partial charge in [-0.2, -0.15) is 0 Å². The van der Waals surface area contributed by atoms with Crippen molar-refractivity contribution in [3.05, 3.63) is 24.3 Å². The summed E-state index contributed by atoms with van der Waals surface area (Å²) >= 11 is 4.11. The summed E-state index contributed by atoms with van der Waals surface area (Å²) in [7, 11) is 0. The van der Waals surface area contributed by atoms with E-state index in [0.717, 1.165) is 12.8 Å². The zero-order valence-electron chi connectivity index (χ0n) is 16.6. The highest BCUT2D eigenvalue weighted by Crippen LogP contribution is 2.52. The number of hydrogen-bond acceptors (Lipinski definition) is 2. The van der Waals surface area contributed by atoms with Gasteiger partial charge in [-0.1, -0.05) is 32.6 Å². The van der Waals surface area contributed by atoms with Crippen LogP contribution in [-0.2, 0) is 0 Å². The quantitative estimate of drug-likeness (QED) is 0.381. The minimum atomic E-state index is -2.99. The molecule has 0 saturated heterocycles. The molecule has 2 saturated carbocycles. The van der Waals surface area contributed by atoms with Gasteiger partial charge in [-0.3, -0.25) is 0 Å². The Balaban J connectivity index is 1.68. The summed E-state index contributed by atoms with van der Waals surface area (Å²) in [5.41, 5.74) is -5.91. The molecule has 5 atom stereocenters. The maximum atomic E-state index is 15.6. The number of halogens is 5. The zero-order chi connectivity index (χ0) is 21.2. The molecule has 0 aromatic heterocycles. The fraction of sp³-hybridized carbons (Fsp3) is 0.727. The second-order valence-corrected chi connectivity index (χ2v) is 9.14. The zero-order valence-corrected chi connectivity index (χ0v) is 17.5. The number of ether oxygens (including phenoxy) is 1. The lowest BCUT2D eigenvalue weighted by Crippen LogP contribution is -2.66. The smallest absolute Gasteiger partial charge is 0.181 e. The molecule has 2 aliphatic rings. The third-order valence-corrected chi connectivity index (χ3v) is 6.96. The van der Waals surface area contributed by atoms with Crippen LogP contribution in [-0.4, -0.2) is 36.5 Å². The second-order valence-electron chi connectivity index (χ2n) is 8.63. The lowest BCUT2D eigenvalue weighted by molar-refractivity contribution is -0.186. The van der Waals surface area contributed by atoms with Crippen molar-refractivity contribution >= 4 is 12.6 Å². The van der Waals surface area contributed by atoms with Gasteiger partial charge in [-0.05, 0) is 48.9 Å². The molecule has 29 heavy (non-hydrogen) atoms. The van der Waals surface area contributed by atoms with Crippen LogP contribution in [0.25, 0.3) is 0 Å². The molecule has 2 aliphatic carbocycles.